The van der Waals surface area contributed by atoms with Crippen molar-refractivity contribution in [3.05, 3.63) is 34.2 Å². The van der Waals surface area contributed by atoms with Gasteiger partial charge in [-0.1, -0.05) is 0 Å². The fourth-order valence-electron chi connectivity index (χ4n) is 1.44. The second kappa shape index (κ2) is 4.77. The summed E-state index contributed by atoms with van der Waals surface area (Å²) >= 11 is 0. The Balaban J connectivity index is 3.11. The van der Waals surface area contributed by atoms with Gasteiger partial charge in [-0.15, -0.1) is 0 Å². The van der Waals surface area contributed by atoms with Crippen molar-refractivity contribution in [3.63, 3.8) is 0 Å². The van der Waals surface area contributed by atoms with Crippen LogP contribution in [0.1, 0.15) is 24.2 Å². The summed E-state index contributed by atoms with van der Waals surface area (Å²) in [6, 6.07) is 3.28. The van der Waals surface area contributed by atoms with Crippen LogP contribution >= 0.6 is 0 Å². The van der Waals surface area contributed by atoms with E-state index in [1.54, 1.807) is 30.3 Å². The first-order chi connectivity index (χ1) is 7.11. The Labute approximate surface area is 89.1 Å². The predicted octanol–water partition coefficient (Wildman–Crippen LogP) is 0.867. The highest BCUT2D eigenvalue weighted by molar-refractivity contribution is 5.93. The predicted molar refractivity (Wildman–Crippen MR) is 58.9 cm³/mol. The average Bonchev–Trinajstić information content (AvgIpc) is 2.23. The summed E-state index contributed by atoms with van der Waals surface area (Å²) in [5.74, 6) is -0.193. The highest BCUT2D eigenvalue weighted by Crippen LogP contribution is 1.99. The lowest BCUT2D eigenvalue weighted by Crippen LogP contribution is -2.35. The highest BCUT2D eigenvalue weighted by Gasteiger charge is 2.15. The molecule has 0 saturated heterocycles. The molecular formula is C11H16N2O2. The number of nitrogens with zero attached hydrogens (tertiary/aromatic N) is 2. The number of amides is 1. The normalized spacial score (nSPS) is 10.1. The lowest BCUT2D eigenvalue weighted by molar-refractivity contribution is 0.0770. The van der Waals surface area contributed by atoms with Crippen LogP contribution in [0.2, 0.25) is 0 Å². The summed E-state index contributed by atoms with van der Waals surface area (Å²) in [6.45, 7) is 5.03. The Morgan fingerprint density at radius 3 is 2.53 bits per heavy atom. The summed E-state index contributed by atoms with van der Waals surface area (Å²) in [5.41, 5.74) is -0.00176. The molecule has 4 nitrogen and oxygen atoms in total. The molecule has 0 spiro atoms. The van der Waals surface area contributed by atoms with Gasteiger partial charge in [-0.2, -0.15) is 0 Å². The zero-order valence-electron chi connectivity index (χ0n) is 9.36. The van der Waals surface area contributed by atoms with E-state index in [0.29, 0.717) is 13.1 Å². The fourth-order valence-corrected chi connectivity index (χ4v) is 1.44. The van der Waals surface area contributed by atoms with E-state index in [4.69, 9.17) is 0 Å². The molecule has 0 unspecified atom stereocenters. The second-order valence-electron chi connectivity index (χ2n) is 3.32. The Bertz CT molecular complexity index is 405. The number of hydrogen-bond donors (Lipinski definition) is 0. The lowest BCUT2D eigenvalue weighted by Gasteiger charge is -2.18. The summed E-state index contributed by atoms with van der Waals surface area (Å²) in [7, 11) is 1.64. The van der Waals surface area contributed by atoms with Gasteiger partial charge >= 0.3 is 0 Å². The highest BCUT2D eigenvalue weighted by atomic mass is 16.2. The van der Waals surface area contributed by atoms with Gasteiger partial charge in [0.05, 0.1) is 0 Å². The van der Waals surface area contributed by atoms with E-state index in [0.717, 1.165) is 0 Å². The minimum Gasteiger partial charge on any atom is -0.339 e. The van der Waals surface area contributed by atoms with Gasteiger partial charge in [-0.05, 0) is 26.0 Å². The van der Waals surface area contributed by atoms with Crippen LogP contribution in [-0.2, 0) is 7.05 Å². The van der Waals surface area contributed by atoms with Crippen molar-refractivity contribution >= 4 is 5.91 Å². The molecule has 0 atom stereocenters. The molecule has 82 valence electrons. The number of carbonyl (C=O) groups is 1. The molecule has 1 heterocycles. The third-order valence-corrected chi connectivity index (χ3v) is 2.40. The molecule has 0 radical (unpaired) electrons. The van der Waals surface area contributed by atoms with Crippen LogP contribution in [-0.4, -0.2) is 28.5 Å². The van der Waals surface area contributed by atoms with E-state index in [1.165, 1.54) is 4.57 Å². The van der Waals surface area contributed by atoms with Gasteiger partial charge in [0.25, 0.3) is 11.5 Å². The zero-order valence-corrected chi connectivity index (χ0v) is 9.36. The summed E-state index contributed by atoms with van der Waals surface area (Å²) in [4.78, 5) is 25.2. The Morgan fingerprint density at radius 2 is 2.00 bits per heavy atom. The van der Waals surface area contributed by atoms with Gasteiger partial charge in [0.1, 0.15) is 5.56 Å². The smallest absolute Gasteiger partial charge is 0.263 e. The van der Waals surface area contributed by atoms with Crippen molar-refractivity contribution in [2.75, 3.05) is 13.1 Å². The molecule has 1 amide bonds. The second-order valence-corrected chi connectivity index (χ2v) is 3.32. The van der Waals surface area contributed by atoms with Crippen molar-refractivity contribution in [3.8, 4) is 0 Å². The lowest BCUT2D eigenvalue weighted by atomic mass is 10.2. The standard InChI is InChI=1S/C11H16N2O2/c1-4-13(5-2)11(15)9-7-6-8-12(3)10(9)14/h6-8H,4-5H2,1-3H3. The van der Waals surface area contributed by atoms with E-state index in [-0.39, 0.29) is 17.0 Å². The summed E-state index contributed by atoms with van der Waals surface area (Å²) in [6.07, 6.45) is 1.64. The van der Waals surface area contributed by atoms with Crippen molar-refractivity contribution in [2.45, 2.75) is 13.8 Å². The molecule has 0 fully saturated rings. The maximum Gasteiger partial charge on any atom is 0.263 e. The van der Waals surface area contributed by atoms with Gasteiger partial charge in [-0.25, -0.2) is 0 Å². The number of pyridine rings is 1. The molecule has 1 rings (SSSR count). The molecule has 4 heteroatoms. The monoisotopic (exact) mass is 208 g/mol. The van der Waals surface area contributed by atoms with Crippen molar-refractivity contribution < 1.29 is 4.79 Å². The van der Waals surface area contributed by atoms with Crippen LogP contribution in [0.25, 0.3) is 0 Å². The Kier molecular flexibility index (Phi) is 3.66. The SMILES string of the molecule is CCN(CC)C(=O)c1cccn(C)c1=O. The Hall–Kier alpha value is -1.58. The molecule has 0 aliphatic carbocycles. The minimum atomic E-state index is -0.241. The molecule has 1 aromatic heterocycles. The van der Waals surface area contributed by atoms with Crippen LogP contribution in [0.5, 0.6) is 0 Å². The molecular weight excluding hydrogens is 192 g/mol. The fraction of sp³-hybridized carbons (Fsp3) is 0.455. The molecule has 0 aliphatic heterocycles. The summed E-state index contributed by atoms with van der Waals surface area (Å²) < 4.78 is 1.41. The molecule has 0 aliphatic rings. The van der Waals surface area contributed by atoms with Crippen LogP contribution < -0.4 is 5.56 Å². The van der Waals surface area contributed by atoms with E-state index in [2.05, 4.69) is 0 Å². The van der Waals surface area contributed by atoms with Gasteiger partial charge < -0.3 is 9.47 Å². The van der Waals surface area contributed by atoms with E-state index in [1.807, 2.05) is 13.8 Å². The van der Waals surface area contributed by atoms with Crippen molar-refractivity contribution in [1.29, 1.82) is 0 Å². The maximum absolute atomic E-state index is 11.9. The zero-order chi connectivity index (χ0) is 11.4. The molecule has 0 saturated carbocycles. The third kappa shape index (κ3) is 2.26. The van der Waals surface area contributed by atoms with Gasteiger partial charge in [-0.3, -0.25) is 9.59 Å². The molecule has 0 bridgehead atoms. The number of hydrogen-bond acceptors (Lipinski definition) is 2. The van der Waals surface area contributed by atoms with Crippen LogP contribution in [0.4, 0.5) is 0 Å². The number of carbonyl (C=O) groups excluding carboxylic acids is 1. The molecule has 0 N–H and O–H groups in total. The molecule has 0 aromatic carbocycles. The van der Waals surface area contributed by atoms with Gasteiger partial charge in [0.15, 0.2) is 0 Å². The minimum absolute atomic E-state index is 0.193. The molecule has 15 heavy (non-hydrogen) atoms. The van der Waals surface area contributed by atoms with E-state index >= 15 is 0 Å². The first-order valence-electron chi connectivity index (χ1n) is 5.06. The van der Waals surface area contributed by atoms with Gasteiger partial charge in [0.2, 0.25) is 0 Å². The van der Waals surface area contributed by atoms with Gasteiger partial charge in [0, 0.05) is 26.3 Å². The molecule has 1 aromatic rings. The third-order valence-electron chi connectivity index (χ3n) is 2.40. The van der Waals surface area contributed by atoms with Crippen molar-refractivity contribution in [2.24, 2.45) is 7.05 Å². The Morgan fingerprint density at radius 1 is 1.40 bits per heavy atom. The first kappa shape index (κ1) is 11.5. The van der Waals surface area contributed by atoms with E-state index < -0.39 is 0 Å². The average molecular weight is 208 g/mol. The maximum atomic E-state index is 11.9. The first-order valence-corrected chi connectivity index (χ1v) is 5.06. The van der Waals surface area contributed by atoms with Crippen LogP contribution in [0.3, 0.4) is 0 Å². The van der Waals surface area contributed by atoms with E-state index in [9.17, 15) is 9.59 Å². The number of aryl methyl sites for hydroxylation is 1. The van der Waals surface area contributed by atoms with Crippen molar-refractivity contribution in [1.82, 2.24) is 9.47 Å². The number of rotatable bonds is 3. The van der Waals surface area contributed by atoms with Crippen LogP contribution in [0.15, 0.2) is 23.1 Å². The van der Waals surface area contributed by atoms with Crippen LogP contribution in [0, 0.1) is 0 Å². The quantitative estimate of drug-likeness (QED) is 0.739. The largest absolute Gasteiger partial charge is 0.339 e. The number of aromatic nitrogens is 1. The summed E-state index contributed by atoms with van der Waals surface area (Å²) in [5, 5.41) is 0. The topological polar surface area (TPSA) is 42.3 Å².